The lowest BCUT2D eigenvalue weighted by atomic mass is 10.3. The van der Waals surface area contributed by atoms with Gasteiger partial charge < -0.3 is 21.1 Å². The van der Waals surface area contributed by atoms with Gasteiger partial charge in [-0.05, 0) is 32.4 Å². The molecule has 1 amide bonds. The van der Waals surface area contributed by atoms with Crippen LogP contribution in [0.4, 0.5) is 5.82 Å². The number of aliphatic imine (C=N–C) groups is 1. The number of amides is 1. The highest BCUT2D eigenvalue weighted by molar-refractivity contribution is 5.90. The molecule has 22 heavy (non-hydrogen) atoms. The van der Waals surface area contributed by atoms with Crippen molar-refractivity contribution in [3.05, 3.63) is 23.9 Å². The third-order valence-electron chi connectivity index (χ3n) is 2.75. The number of hydrogen-bond donors (Lipinski definition) is 3. The molecule has 0 aromatic carbocycles. The average Bonchev–Trinajstić information content (AvgIpc) is 2.47. The molecule has 7 heteroatoms. The van der Waals surface area contributed by atoms with Crippen LogP contribution in [0.5, 0.6) is 0 Å². The highest BCUT2D eigenvalue weighted by Crippen LogP contribution is 2.03. The second-order valence-electron chi connectivity index (χ2n) is 4.71. The van der Waals surface area contributed by atoms with E-state index in [9.17, 15) is 4.79 Å². The summed E-state index contributed by atoms with van der Waals surface area (Å²) in [5.74, 6) is 0.787. The topological polar surface area (TPSA) is 102 Å². The number of aromatic nitrogens is 1. The quantitative estimate of drug-likeness (QED) is 0.359. The van der Waals surface area contributed by atoms with Gasteiger partial charge in [-0.3, -0.25) is 9.79 Å². The molecule has 7 nitrogen and oxygen atoms in total. The number of nitrogens with one attached hydrogen (secondary N) is 2. The molecule has 1 aromatic heterocycles. The number of pyridine rings is 1. The number of carbonyl (C=O) groups excluding carboxylic acids is 1. The van der Waals surface area contributed by atoms with Crippen molar-refractivity contribution in [1.82, 2.24) is 10.3 Å². The normalized spacial score (nSPS) is 11.3. The molecule has 4 N–H and O–H groups in total. The second-order valence-corrected chi connectivity index (χ2v) is 4.71. The van der Waals surface area contributed by atoms with Gasteiger partial charge in [0.15, 0.2) is 5.96 Å². The van der Waals surface area contributed by atoms with E-state index in [0.29, 0.717) is 44.5 Å². The van der Waals surface area contributed by atoms with E-state index in [-0.39, 0.29) is 5.91 Å². The van der Waals surface area contributed by atoms with Crippen LogP contribution in [0, 0.1) is 6.92 Å². The summed E-state index contributed by atoms with van der Waals surface area (Å²) in [5.41, 5.74) is 6.56. The van der Waals surface area contributed by atoms with Crippen LogP contribution in [0.3, 0.4) is 0 Å². The van der Waals surface area contributed by atoms with E-state index in [0.717, 1.165) is 12.1 Å². The molecule has 122 valence electrons. The lowest BCUT2D eigenvalue weighted by Crippen LogP contribution is -2.34. The molecule has 1 heterocycles. The van der Waals surface area contributed by atoms with Crippen molar-refractivity contribution < 1.29 is 9.53 Å². The van der Waals surface area contributed by atoms with Gasteiger partial charge in [-0.15, -0.1) is 0 Å². The zero-order valence-corrected chi connectivity index (χ0v) is 13.3. The van der Waals surface area contributed by atoms with Gasteiger partial charge in [-0.1, -0.05) is 6.07 Å². The van der Waals surface area contributed by atoms with Crippen LogP contribution >= 0.6 is 0 Å². The first kappa shape index (κ1) is 17.9. The van der Waals surface area contributed by atoms with Crippen molar-refractivity contribution in [2.24, 2.45) is 10.7 Å². The summed E-state index contributed by atoms with van der Waals surface area (Å²) in [6.45, 7) is 6.26. The van der Waals surface area contributed by atoms with Gasteiger partial charge in [0.2, 0.25) is 5.91 Å². The molecule has 1 aromatic rings. The summed E-state index contributed by atoms with van der Waals surface area (Å²) in [5, 5.41) is 5.64. The van der Waals surface area contributed by atoms with Gasteiger partial charge in [0.05, 0.1) is 0 Å². The SMILES string of the molecule is CCOCCCN=C(N)NCCC(=O)Nc1cccc(C)n1. The molecule has 0 aliphatic carbocycles. The standard InChI is InChI=1S/C15H25N5O2/c1-3-22-11-5-9-17-15(16)18-10-8-14(21)20-13-7-4-6-12(2)19-13/h4,6-7H,3,5,8-11H2,1-2H3,(H3,16,17,18)(H,19,20,21). The van der Waals surface area contributed by atoms with E-state index in [2.05, 4.69) is 20.6 Å². The lowest BCUT2D eigenvalue weighted by molar-refractivity contribution is -0.116. The number of carbonyl (C=O) groups is 1. The summed E-state index contributed by atoms with van der Waals surface area (Å²) >= 11 is 0. The molecule has 0 spiro atoms. The van der Waals surface area contributed by atoms with Crippen LogP contribution in [0.15, 0.2) is 23.2 Å². The summed E-state index contributed by atoms with van der Waals surface area (Å²) in [6, 6.07) is 5.48. The molecule has 0 fully saturated rings. The summed E-state index contributed by atoms with van der Waals surface area (Å²) in [6.07, 6.45) is 1.13. The maximum absolute atomic E-state index is 11.7. The highest BCUT2D eigenvalue weighted by Gasteiger charge is 2.03. The van der Waals surface area contributed by atoms with Crippen molar-refractivity contribution >= 4 is 17.7 Å². The third kappa shape index (κ3) is 8.21. The second kappa shape index (κ2) is 10.6. The molecule has 1 rings (SSSR count). The zero-order valence-electron chi connectivity index (χ0n) is 13.3. The van der Waals surface area contributed by atoms with E-state index < -0.39 is 0 Å². The molecule has 0 bridgehead atoms. The maximum Gasteiger partial charge on any atom is 0.227 e. The van der Waals surface area contributed by atoms with Crippen LogP contribution in [-0.2, 0) is 9.53 Å². The van der Waals surface area contributed by atoms with Crippen LogP contribution in [0.25, 0.3) is 0 Å². The van der Waals surface area contributed by atoms with Gasteiger partial charge in [-0.2, -0.15) is 0 Å². The largest absolute Gasteiger partial charge is 0.382 e. The molecule has 0 aliphatic rings. The minimum Gasteiger partial charge on any atom is -0.382 e. The van der Waals surface area contributed by atoms with E-state index in [1.165, 1.54) is 0 Å². The van der Waals surface area contributed by atoms with Gasteiger partial charge in [0.1, 0.15) is 5.82 Å². The van der Waals surface area contributed by atoms with Crippen LogP contribution < -0.4 is 16.4 Å². The Morgan fingerprint density at radius 3 is 3.00 bits per heavy atom. The monoisotopic (exact) mass is 307 g/mol. The van der Waals surface area contributed by atoms with Gasteiger partial charge in [0, 0.05) is 38.4 Å². The molecule has 0 saturated heterocycles. The van der Waals surface area contributed by atoms with Crippen molar-refractivity contribution in [3.8, 4) is 0 Å². The first-order valence-corrected chi connectivity index (χ1v) is 7.47. The first-order valence-electron chi connectivity index (χ1n) is 7.47. The summed E-state index contributed by atoms with van der Waals surface area (Å²) < 4.78 is 5.20. The fourth-order valence-electron chi connectivity index (χ4n) is 1.69. The number of rotatable bonds is 9. The number of guanidine groups is 1. The number of ether oxygens (including phenoxy) is 1. The number of hydrogen-bond acceptors (Lipinski definition) is 4. The third-order valence-corrected chi connectivity index (χ3v) is 2.75. The molecule has 0 unspecified atom stereocenters. The van der Waals surface area contributed by atoms with Crippen molar-refractivity contribution in [3.63, 3.8) is 0 Å². The highest BCUT2D eigenvalue weighted by atomic mass is 16.5. The molecule has 0 saturated carbocycles. The fourth-order valence-corrected chi connectivity index (χ4v) is 1.69. The minimum atomic E-state index is -0.116. The number of aryl methyl sites for hydroxylation is 1. The number of nitrogens with zero attached hydrogens (tertiary/aromatic N) is 2. The molecular weight excluding hydrogens is 282 g/mol. The van der Waals surface area contributed by atoms with Crippen LogP contribution in [-0.4, -0.2) is 43.2 Å². The average molecular weight is 307 g/mol. The Labute approximate surface area is 131 Å². The molecular formula is C15H25N5O2. The number of anilines is 1. The Bertz CT molecular complexity index is 491. The Hall–Kier alpha value is -2.15. The first-order chi connectivity index (χ1) is 10.6. The van der Waals surface area contributed by atoms with E-state index in [1.54, 1.807) is 6.07 Å². The molecule has 0 atom stereocenters. The maximum atomic E-state index is 11.7. The van der Waals surface area contributed by atoms with Crippen LogP contribution in [0.1, 0.15) is 25.5 Å². The molecule has 0 aliphatic heterocycles. The smallest absolute Gasteiger partial charge is 0.227 e. The van der Waals surface area contributed by atoms with Gasteiger partial charge in [0.25, 0.3) is 0 Å². The van der Waals surface area contributed by atoms with Crippen LogP contribution in [0.2, 0.25) is 0 Å². The Kier molecular flexibility index (Phi) is 8.59. The zero-order chi connectivity index (χ0) is 16.2. The molecule has 0 radical (unpaired) electrons. The summed E-state index contributed by atoms with van der Waals surface area (Å²) in [7, 11) is 0. The van der Waals surface area contributed by atoms with E-state index >= 15 is 0 Å². The van der Waals surface area contributed by atoms with E-state index in [4.69, 9.17) is 10.5 Å². The van der Waals surface area contributed by atoms with Gasteiger partial charge in [-0.25, -0.2) is 4.98 Å². The van der Waals surface area contributed by atoms with Crippen molar-refractivity contribution in [2.45, 2.75) is 26.7 Å². The Balaban J connectivity index is 2.17. The minimum absolute atomic E-state index is 0.116. The summed E-state index contributed by atoms with van der Waals surface area (Å²) in [4.78, 5) is 20.1. The Morgan fingerprint density at radius 1 is 1.45 bits per heavy atom. The van der Waals surface area contributed by atoms with Crippen molar-refractivity contribution in [1.29, 1.82) is 0 Å². The number of nitrogens with two attached hydrogens (primary N) is 1. The van der Waals surface area contributed by atoms with Gasteiger partial charge >= 0.3 is 0 Å². The van der Waals surface area contributed by atoms with Crippen molar-refractivity contribution in [2.75, 3.05) is 31.6 Å². The van der Waals surface area contributed by atoms with E-state index in [1.807, 2.05) is 26.0 Å². The predicted octanol–water partition coefficient (Wildman–Crippen LogP) is 1.05. The lowest BCUT2D eigenvalue weighted by Gasteiger charge is -2.07. The Morgan fingerprint density at radius 2 is 2.27 bits per heavy atom. The predicted molar refractivity (Wildman–Crippen MR) is 87.8 cm³/mol. The fraction of sp³-hybridized carbons (Fsp3) is 0.533.